The number of alkyl halides is 3. The molecule has 0 aromatic heterocycles. The minimum Gasteiger partial charge on any atom is -0.507 e. The van der Waals surface area contributed by atoms with Crippen molar-refractivity contribution < 1.29 is 23.0 Å². The van der Waals surface area contributed by atoms with Gasteiger partial charge in [0.2, 0.25) is 0 Å². The molecule has 0 atom stereocenters. The molecule has 0 bridgehead atoms. The molecule has 1 aliphatic rings. The second-order valence-electron chi connectivity index (χ2n) is 8.44. The lowest BCUT2D eigenvalue weighted by Gasteiger charge is -2.25. The Morgan fingerprint density at radius 1 is 0.968 bits per heavy atom. The number of phenols is 1. The first-order valence-corrected chi connectivity index (χ1v) is 10.4. The Balaban J connectivity index is 2.09. The van der Waals surface area contributed by atoms with Gasteiger partial charge < -0.3 is 14.7 Å². The molecule has 0 unspecified atom stereocenters. The molecule has 3 aromatic carbocycles. The van der Waals surface area contributed by atoms with E-state index in [0.717, 1.165) is 46.9 Å². The summed E-state index contributed by atoms with van der Waals surface area (Å²) < 4.78 is 45.8. The number of benzene rings is 3. The predicted octanol–water partition coefficient (Wildman–Crippen LogP) is 6.73. The van der Waals surface area contributed by atoms with E-state index in [0.29, 0.717) is 16.7 Å². The van der Waals surface area contributed by atoms with Crippen LogP contribution in [-0.2, 0) is 11.6 Å². The Kier molecular flexibility index (Phi) is 4.87. The van der Waals surface area contributed by atoms with Crippen molar-refractivity contribution in [3.63, 3.8) is 0 Å². The summed E-state index contributed by atoms with van der Waals surface area (Å²) in [6, 6.07) is 9.42. The molecule has 0 fully saturated rings. The normalized spacial score (nSPS) is 14.5. The molecule has 1 aliphatic carbocycles. The highest BCUT2D eigenvalue weighted by atomic mass is 19.4. The molecule has 164 valence electrons. The smallest absolute Gasteiger partial charge is 0.416 e. The summed E-state index contributed by atoms with van der Waals surface area (Å²) in [5.41, 5.74) is 2.64. The molecule has 6 heteroatoms. The van der Waals surface area contributed by atoms with Gasteiger partial charge in [0.1, 0.15) is 11.5 Å². The second kappa shape index (κ2) is 7.08. The van der Waals surface area contributed by atoms with Crippen molar-refractivity contribution in [2.24, 2.45) is 0 Å². The van der Waals surface area contributed by atoms with Gasteiger partial charge in [0, 0.05) is 23.9 Å². The van der Waals surface area contributed by atoms with Gasteiger partial charge in [-0.05, 0) is 71.8 Å². The predicted molar refractivity (Wildman–Crippen MR) is 118 cm³/mol. The summed E-state index contributed by atoms with van der Waals surface area (Å²) in [6.45, 7) is 9.46. The zero-order valence-corrected chi connectivity index (χ0v) is 18.3. The maximum Gasteiger partial charge on any atom is 0.416 e. The minimum absolute atomic E-state index is 0.0927. The molecule has 3 aromatic rings. The van der Waals surface area contributed by atoms with Gasteiger partial charge in [0.25, 0.3) is 0 Å². The number of phenolic OH excluding ortho intramolecular Hbond substituents is 1. The molecular formula is C25H26F3NO2. The molecule has 0 amide bonds. The van der Waals surface area contributed by atoms with Crippen LogP contribution in [0.25, 0.3) is 21.9 Å². The third-order valence-electron chi connectivity index (χ3n) is 6.48. The maximum absolute atomic E-state index is 13.4. The highest BCUT2D eigenvalue weighted by Gasteiger charge is 2.40. The number of nitrogens with zero attached hydrogens (tertiary/aromatic N) is 1. The van der Waals surface area contributed by atoms with E-state index in [-0.39, 0.29) is 5.75 Å². The SMILES string of the molecule is CCN(CC)c1cc2c3c(cc(O)c2cc1OC)C(C)(C)c1cc(C(F)(F)F)ccc1-3. The highest BCUT2D eigenvalue weighted by molar-refractivity contribution is 6.07. The van der Waals surface area contributed by atoms with E-state index in [9.17, 15) is 18.3 Å². The van der Waals surface area contributed by atoms with Crippen LogP contribution in [0.1, 0.15) is 44.4 Å². The number of hydrogen-bond donors (Lipinski definition) is 1. The molecule has 1 N–H and O–H groups in total. The topological polar surface area (TPSA) is 32.7 Å². The number of ether oxygens (including phenoxy) is 1. The monoisotopic (exact) mass is 429 g/mol. The van der Waals surface area contributed by atoms with Gasteiger partial charge in [0.05, 0.1) is 18.4 Å². The Bertz CT molecular complexity index is 1180. The van der Waals surface area contributed by atoms with Crippen LogP contribution >= 0.6 is 0 Å². The van der Waals surface area contributed by atoms with Crippen LogP contribution < -0.4 is 9.64 Å². The van der Waals surface area contributed by atoms with E-state index >= 15 is 0 Å². The van der Waals surface area contributed by atoms with Crippen molar-refractivity contribution in [3.05, 3.63) is 53.1 Å². The fourth-order valence-corrected chi connectivity index (χ4v) is 4.78. The first-order chi connectivity index (χ1) is 14.5. The van der Waals surface area contributed by atoms with Crippen LogP contribution in [0.15, 0.2) is 36.4 Å². The molecule has 3 nitrogen and oxygen atoms in total. The van der Waals surface area contributed by atoms with Crippen LogP contribution in [-0.4, -0.2) is 25.3 Å². The zero-order chi connectivity index (χ0) is 22.7. The lowest BCUT2D eigenvalue weighted by atomic mass is 9.81. The van der Waals surface area contributed by atoms with Gasteiger partial charge in [-0.3, -0.25) is 0 Å². The largest absolute Gasteiger partial charge is 0.507 e. The molecule has 0 heterocycles. The molecular weight excluding hydrogens is 403 g/mol. The first-order valence-electron chi connectivity index (χ1n) is 10.4. The second-order valence-corrected chi connectivity index (χ2v) is 8.44. The lowest BCUT2D eigenvalue weighted by Crippen LogP contribution is -2.22. The number of methoxy groups -OCH3 is 1. The number of hydrogen-bond acceptors (Lipinski definition) is 3. The van der Waals surface area contributed by atoms with E-state index in [1.54, 1.807) is 19.2 Å². The van der Waals surface area contributed by atoms with Crippen molar-refractivity contribution in [3.8, 4) is 22.6 Å². The Labute approximate surface area is 180 Å². The quantitative estimate of drug-likeness (QED) is 0.499. The van der Waals surface area contributed by atoms with Gasteiger partial charge in [-0.25, -0.2) is 0 Å². The molecule has 31 heavy (non-hydrogen) atoms. The standard InChI is InChI=1S/C25H26F3NO2/c1-6-29(7-2)20-11-17-16(12-22(20)31-5)21(30)13-19-23(17)15-9-8-14(25(26,27)28)10-18(15)24(19,3)4/h8-13,30H,6-7H2,1-5H3. The molecule has 0 radical (unpaired) electrons. The Morgan fingerprint density at radius 3 is 2.23 bits per heavy atom. The summed E-state index contributed by atoms with van der Waals surface area (Å²) >= 11 is 0. The maximum atomic E-state index is 13.4. The summed E-state index contributed by atoms with van der Waals surface area (Å²) in [5, 5.41) is 12.3. The first kappa shape index (κ1) is 21.3. The van der Waals surface area contributed by atoms with Crippen molar-refractivity contribution in [1.82, 2.24) is 0 Å². The molecule has 4 rings (SSSR count). The number of halogens is 3. The number of aromatic hydroxyl groups is 1. The van der Waals surface area contributed by atoms with E-state index in [1.807, 2.05) is 26.0 Å². The summed E-state index contributed by atoms with van der Waals surface area (Å²) in [7, 11) is 1.59. The van der Waals surface area contributed by atoms with Crippen LogP contribution in [0.3, 0.4) is 0 Å². The van der Waals surface area contributed by atoms with E-state index in [1.165, 1.54) is 6.07 Å². The van der Waals surface area contributed by atoms with Gasteiger partial charge in [-0.1, -0.05) is 19.9 Å². The van der Waals surface area contributed by atoms with Gasteiger partial charge in [-0.15, -0.1) is 0 Å². The minimum atomic E-state index is -4.41. The zero-order valence-electron chi connectivity index (χ0n) is 18.3. The summed E-state index contributed by atoms with van der Waals surface area (Å²) in [4.78, 5) is 2.16. The summed E-state index contributed by atoms with van der Waals surface area (Å²) in [5.74, 6) is 0.742. The fraction of sp³-hybridized carbons (Fsp3) is 0.360. The van der Waals surface area contributed by atoms with Crippen molar-refractivity contribution in [1.29, 1.82) is 0 Å². The third kappa shape index (κ3) is 3.11. The molecule has 0 spiro atoms. The highest BCUT2D eigenvalue weighted by Crippen LogP contribution is 2.55. The van der Waals surface area contributed by atoms with E-state index < -0.39 is 17.2 Å². The van der Waals surface area contributed by atoms with Crippen molar-refractivity contribution in [2.75, 3.05) is 25.1 Å². The van der Waals surface area contributed by atoms with Crippen LogP contribution in [0.2, 0.25) is 0 Å². The number of rotatable bonds is 4. The van der Waals surface area contributed by atoms with Gasteiger partial charge in [-0.2, -0.15) is 13.2 Å². The number of fused-ring (bicyclic) bond motifs is 5. The Hall–Kier alpha value is -2.89. The summed E-state index contributed by atoms with van der Waals surface area (Å²) in [6.07, 6.45) is -4.41. The van der Waals surface area contributed by atoms with E-state index in [2.05, 4.69) is 18.7 Å². The van der Waals surface area contributed by atoms with Crippen LogP contribution in [0.4, 0.5) is 18.9 Å². The van der Waals surface area contributed by atoms with Crippen molar-refractivity contribution >= 4 is 16.5 Å². The van der Waals surface area contributed by atoms with E-state index in [4.69, 9.17) is 4.74 Å². The molecule has 0 saturated heterocycles. The van der Waals surface area contributed by atoms with Gasteiger partial charge >= 0.3 is 6.18 Å². The van der Waals surface area contributed by atoms with Crippen LogP contribution in [0.5, 0.6) is 11.5 Å². The third-order valence-corrected chi connectivity index (χ3v) is 6.48. The average molecular weight is 429 g/mol. The fourth-order valence-electron chi connectivity index (χ4n) is 4.78. The molecule has 0 aliphatic heterocycles. The van der Waals surface area contributed by atoms with Crippen molar-refractivity contribution in [2.45, 2.75) is 39.3 Å². The molecule has 0 saturated carbocycles. The number of anilines is 1. The lowest BCUT2D eigenvalue weighted by molar-refractivity contribution is -0.137. The van der Waals surface area contributed by atoms with Gasteiger partial charge in [0.15, 0.2) is 0 Å². The van der Waals surface area contributed by atoms with Crippen LogP contribution in [0, 0.1) is 0 Å². The Morgan fingerprint density at radius 2 is 1.65 bits per heavy atom. The average Bonchev–Trinajstić information content (AvgIpc) is 2.94.